The molecule has 0 saturated carbocycles. The van der Waals surface area contributed by atoms with Crippen LogP contribution in [0, 0.1) is 17.2 Å². The van der Waals surface area contributed by atoms with Gasteiger partial charge in [-0.15, -0.1) is 11.3 Å². The number of nitrogens with one attached hydrogen (secondary N) is 2. The molecule has 2 aromatic heterocycles. The van der Waals surface area contributed by atoms with Gasteiger partial charge in [0.25, 0.3) is 0 Å². The minimum Gasteiger partial charge on any atom is -0.361 e. The van der Waals surface area contributed by atoms with Gasteiger partial charge in [-0.05, 0) is 73.2 Å². The summed E-state index contributed by atoms with van der Waals surface area (Å²) >= 11 is 7.24. The van der Waals surface area contributed by atoms with Crippen LogP contribution in [0.15, 0.2) is 47.8 Å². The third-order valence-corrected chi connectivity index (χ3v) is 7.83. The molecule has 8 heteroatoms. The molecule has 0 radical (unpaired) electrons. The number of aryl methyl sites for hydroxylation is 1. The van der Waals surface area contributed by atoms with Crippen LogP contribution in [-0.2, 0) is 7.05 Å². The average molecular weight is 463 g/mol. The lowest BCUT2D eigenvalue weighted by atomic mass is 9.74. The van der Waals surface area contributed by atoms with E-state index in [-0.39, 0.29) is 0 Å². The minimum atomic E-state index is 0.486. The summed E-state index contributed by atoms with van der Waals surface area (Å²) in [6.07, 6.45) is 2.41. The van der Waals surface area contributed by atoms with E-state index in [4.69, 9.17) is 22.6 Å². The van der Waals surface area contributed by atoms with Crippen molar-refractivity contribution in [2.75, 3.05) is 25.0 Å². The Labute approximate surface area is 197 Å². The Bertz CT molecular complexity index is 1150. The number of hydrogen-bond donors (Lipinski definition) is 2. The lowest BCUT2D eigenvalue weighted by Crippen LogP contribution is -2.56. The number of anilines is 1. The minimum absolute atomic E-state index is 0.486. The first-order chi connectivity index (χ1) is 15.6. The van der Waals surface area contributed by atoms with Crippen molar-refractivity contribution < 1.29 is 0 Å². The molecule has 0 amide bonds. The summed E-state index contributed by atoms with van der Waals surface area (Å²) in [5.41, 5.74) is 3.90. The normalized spacial score (nSPS) is 24.1. The van der Waals surface area contributed by atoms with Crippen molar-refractivity contribution in [3.63, 3.8) is 0 Å². The number of aromatic nitrogens is 2. The van der Waals surface area contributed by atoms with Crippen LogP contribution in [0.2, 0.25) is 0 Å². The van der Waals surface area contributed by atoms with Gasteiger partial charge in [0.2, 0.25) is 0 Å². The van der Waals surface area contributed by atoms with Gasteiger partial charge in [0.1, 0.15) is 5.69 Å². The maximum atomic E-state index is 9.06. The summed E-state index contributed by atoms with van der Waals surface area (Å²) < 4.78 is 2.09. The lowest BCUT2D eigenvalue weighted by Gasteiger charge is -2.50. The van der Waals surface area contributed by atoms with E-state index < -0.39 is 0 Å². The molecule has 3 fully saturated rings. The highest BCUT2D eigenvalue weighted by Crippen LogP contribution is 2.42. The van der Waals surface area contributed by atoms with Crippen LogP contribution in [0.5, 0.6) is 0 Å². The van der Waals surface area contributed by atoms with Gasteiger partial charge in [0, 0.05) is 43.5 Å². The van der Waals surface area contributed by atoms with Gasteiger partial charge in [0.05, 0.1) is 16.5 Å². The Morgan fingerprint density at radius 1 is 1.31 bits per heavy atom. The summed E-state index contributed by atoms with van der Waals surface area (Å²) in [5, 5.41) is 23.2. The number of hydrogen-bond acceptors (Lipinski definition) is 5. The number of benzene rings is 1. The van der Waals surface area contributed by atoms with Crippen molar-refractivity contribution in [2.45, 2.75) is 24.8 Å². The van der Waals surface area contributed by atoms with Crippen LogP contribution in [0.4, 0.5) is 5.69 Å². The molecule has 5 heterocycles. The number of fused-ring (bicyclic) bond motifs is 3. The predicted molar refractivity (Wildman–Crippen MR) is 133 cm³/mol. The van der Waals surface area contributed by atoms with Crippen LogP contribution in [0.25, 0.3) is 10.6 Å². The molecule has 2 bridgehead atoms. The van der Waals surface area contributed by atoms with Crippen molar-refractivity contribution in [1.82, 2.24) is 20.0 Å². The summed E-state index contributed by atoms with van der Waals surface area (Å²) in [6, 6.07) is 16.5. The van der Waals surface area contributed by atoms with Gasteiger partial charge >= 0.3 is 0 Å². The first-order valence-corrected chi connectivity index (χ1v) is 12.3. The van der Waals surface area contributed by atoms with E-state index in [1.165, 1.54) is 23.4 Å². The number of thiocarbonyl (C=S) groups is 1. The highest BCUT2D eigenvalue weighted by atomic mass is 32.1. The van der Waals surface area contributed by atoms with E-state index >= 15 is 0 Å². The number of thiophene rings is 1. The second-order valence-corrected chi connectivity index (χ2v) is 9.98. The Kier molecular flexibility index (Phi) is 5.96. The van der Waals surface area contributed by atoms with Gasteiger partial charge in [-0.2, -0.15) is 10.4 Å². The number of rotatable bonds is 5. The van der Waals surface area contributed by atoms with Gasteiger partial charge in [-0.3, -0.25) is 9.58 Å². The average Bonchev–Trinajstić information content (AvgIpc) is 3.48. The summed E-state index contributed by atoms with van der Waals surface area (Å²) in [5.74, 6) is 1.21. The maximum absolute atomic E-state index is 9.06. The SMILES string of the molecule is Cn1nc(-c2cccs2)cc1C1CN2CCC1CC2CNC(=S)Nc1cccc(C#N)c1. The fourth-order valence-corrected chi connectivity index (χ4v) is 5.99. The summed E-state index contributed by atoms with van der Waals surface area (Å²) in [4.78, 5) is 3.84. The Morgan fingerprint density at radius 2 is 2.22 bits per heavy atom. The molecule has 3 aromatic rings. The van der Waals surface area contributed by atoms with E-state index in [0.717, 1.165) is 31.0 Å². The third-order valence-electron chi connectivity index (χ3n) is 6.70. The third kappa shape index (κ3) is 4.29. The predicted octanol–water partition coefficient (Wildman–Crippen LogP) is 4.18. The van der Waals surface area contributed by atoms with E-state index in [1.807, 2.05) is 18.2 Å². The number of nitriles is 1. The van der Waals surface area contributed by atoms with Crippen molar-refractivity contribution in [3.8, 4) is 16.6 Å². The first-order valence-electron chi connectivity index (χ1n) is 11.0. The fourth-order valence-electron chi connectivity index (χ4n) is 5.11. The monoisotopic (exact) mass is 462 g/mol. The van der Waals surface area contributed by atoms with E-state index in [0.29, 0.717) is 28.6 Å². The van der Waals surface area contributed by atoms with Crippen LogP contribution in [0.3, 0.4) is 0 Å². The van der Waals surface area contributed by atoms with Gasteiger partial charge < -0.3 is 10.6 Å². The molecule has 3 aliphatic heterocycles. The number of nitrogens with zero attached hydrogens (tertiary/aromatic N) is 4. The van der Waals surface area contributed by atoms with Crippen molar-refractivity contribution in [1.29, 1.82) is 5.26 Å². The molecule has 1 aromatic carbocycles. The van der Waals surface area contributed by atoms with E-state index in [1.54, 1.807) is 17.4 Å². The standard InChI is InChI=1S/C24H26N6S2/c1-29-22(12-21(28-29)23-6-3-9-32-23)20-15-30-8-7-17(20)11-19(30)14-26-24(31)27-18-5-2-4-16(10-18)13-25/h2-6,9-10,12,17,19-20H,7-8,11,14-15H2,1H3,(H2,26,27,31). The van der Waals surface area contributed by atoms with Crippen LogP contribution in [-0.4, -0.2) is 45.5 Å². The zero-order chi connectivity index (χ0) is 22.1. The van der Waals surface area contributed by atoms with Crippen LogP contribution in [0.1, 0.15) is 30.0 Å². The first kappa shape index (κ1) is 21.1. The Balaban J connectivity index is 1.19. The molecule has 6 rings (SSSR count). The molecular weight excluding hydrogens is 436 g/mol. The Hall–Kier alpha value is -2.73. The quantitative estimate of drug-likeness (QED) is 0.555. The topological polar surface area (TPSA) is 68.9 Å². The molecular formula is C24H26N6S2. The molecule has 6 nitrogen and oxygen atoms in total. The fraction of sp³-hybridized carbons (Fsp3) is 0.375. The molecule has 0 aliphatic carbocycles. The zero-order valence-corrected chi connectivity index (χ0v) is 19.6. The highest BCUT2D eigenvalue weighted by Gasteiger charge is 2.41. The highest BCUT2D eigenvalue weighted by molar-refractivity contribution is 7.80. The molecule has 32 heavy (non-hydrogen) atoms. The molecule has 2 N–H and O–H groups in total. The largest absolute Gasteiger partial charge is 0.361 e. The number of piperidine rings is 3. The lowest BCUT2D eigenvalue weighted by molar-refractivity contribution is 0.0303. The van der Waals surface area contributed by atoms with Crippen LogP contribution < -0.4 is 10.6 Å². The molecule has 164 valence electrons. The molecule has 3 aliphatic rings. The molecule has 4 atom stereocenters. The van der Waals surface area contributed by atoms with Crippen LogP contribution >= 0.6 is 23.6 Å². The zero-order valence-electron chi connectivity index (χ0n) is 18.0. The molecule has 4 unspecified atom stereocenters. The Morgan fingerprint density at radius 3 is 2.97 bits per heavy atom. The molecule has 3 saturated heterocycles. The summed E-state index contributed by atoms with van der Waals surface area (Å²) in [6.45, 7) is 3.05. The summed E-state index contributed by atoms with van der Waals surface area (Å²) in [7, 11) is 2.08. The van der Waals surface area contributed by atoms with Crippen molar-refractivity contribution in [2.24, 2.45) is 13.0 Å². The smallest absolute Gasteiger partial charge is 0.170 e. The van der Waals surface area contributed by atoms with E-state index in [9.17, 15) is 0 Å². The van der Waals surface area contributed by atoms with Gasteiger partial charge in [0.15, 0.2) is 5.11 Å². The second-order valence-electron chi connectivity index (χ2n) is 8.62. The molecule has 0 spiro atoms. The van der Waals surface area contributed by atoms with Crippen molar-refractivity contribution >= 4 is 34.4 Å². The van der Waals surface area contributed by atoms with E-state index in [2.05, 4.69) is 56.9 Å². The second kappa shape index (κ2) is 9.02. The van der Waals surface area contributed by atoms with Gasteiger partial charge in [-0.1, -0.05) is 12.1 Å². The van der Waals surface area contributed by atoms with Gasteiger partial charge in [-0.25, -0.2) is 0 Å². The van der Waals surface area contributed by atoms with Crippen molar-refractivity contribution in [3.05, 3.63) is 59.1 Å². The maximum Gasteiger partial charge on any atom is 0.170 e.